The summed E-state index contributed by atoms with van der Waals surface area (Å²) in [7, 11) is 1.65. The summed E-state index contributed by atoms with van der Waals surface area (Å²) in [6.07, 6.45) is 3.55. The number of hydrogen-bond acceptors (Lipinski definition) is 3. The van der Waals surface area contributed by atoms with E-state index in [0.29, 0.717) is 6.61 Å². The molecule has 0 unspecified atom stereocenters. The van der Waals surface area contributed by atoms with E-state index in [0.717, 1.165) is 14.9 Å². The van der Waals surface area contributed by atoms with Crippen molar-refractivity contribution in [3.05, 3.63) is 27.5 Å². The van der Waals surface area contributed by atoms with Crippen LogP contribution in [0, 0.1) is 0 Å². The first kappa shape index (κ1) is 9.16. The summed E-state index contributed by atoms with van der Waals surface area (Å²) in [4.78, 5) is 4.29. The van der Waals surface area contributed by atoms with Crippen molar-refractivity contribution in [2.45, 2.75) is 6.61 Å². The fourth-order valence-corrected chi connectivity index (χ4v) is 1.66. The van der Waals surface area contributed by atoms with E-state index in [4.69, 9.17) is 4.74 Å². The molecule has 0 saturated carbocycles. The lowest BCUT2D eigenvalue weighted by molar-refractivity contribution is 0.184. The van der Waals surface area contributed by atoms with Crippen LogP contribution in [0.3, 0.4) is 0 Å². The molecule has 1 rings (SSSR count). The number of ether oxygens (including phenoxy) is 1. The molecule has 0 aromatic carbocycles. The van der Waals surface area contributed by atoms with E-state index in [1.165, 1.54) is 0 Å². The van der Waals surface area contributed by atoms with Crippen molar-refractivity contribution < 1.29 is 4.74 Å². The number of aromatic nitrogens is 1. The van der Waals surface area contributed by atoms with Crippen LogP contribution in [0.4, 0.5) is 0 Å². The third kappa shape index (κ3) is 2.03. The molecule has 0 aliphatic heterocycles. The van der Waals surface area contributed by atoms with Gasteiger partial charge in [-0.25, -0.2) is 4.98 Å². The summed E-state index contributed by atoms with van der Waals surface area (Å²) in [6, 6.07) is 0. The Labute approximate surface area is 75.5 Å². The van der Waals surface area contributed by atoms with E-state index in [9.17, 15) is 0 Å². The SMILES string of the molecule is C=C/C=c1/nc(COC)sc1=C. The Bertz CT molecular complexity index is 366. The second-order valence-corrected chi connectivity index (χ2v) is 3.42. The fraction of sp³-hybridized carbons (Fsp3) is 0.222. The van der Waals surface area contributed by atoms with E-state index < -0.39 is 0 Å². The minimum atomic E-state index is 0.554. The van der Waals surface area contributed by atoms with Gasteiger partial charge in [0.05, 0.1) is 12.0 Å². The highest BCUT2D eigenvalue weighted by Crippen LogP contribution is 1.95. The molecule has 0 atom stereocenters. The van der Waals surface area contributed by atoms with Crippen molar-refractivity contribution in [2.24, 2.45) is 0 Å². The molecule has 12 heavy (non-hydrogen) atoms. The topological polar surface area (TPSA) is 22.1 Å². The van der Waals surface area contributed by atoms with Crippen LogP contribution in [0.2, 0.25) is 0 Å². The van der Waals surface area contributed by atoms with E-state index in [-0.39, 0.29) is 0 Å². The van der Waals surface area contributed by atoms with Gasteiger partial charge in [0.1, 0.15) is 5.01 Å². The van der Waals surface area contributed by atoms with Gasteiger partial charge in [0.2, 0.25) is 0 Å². The molecule has 0 aliphatic carbocycles. The molecule has 0 saturated heterocycles. The Balaban J connectivity index is 3.09. The number of nitrogens with zero attached hydrogens (tertiary/aromatic N) is 1. The standard InChI is InChI=1S/C9H11NOS/c1-4-5-8-7(2)12-9(10-8)6-11-3/h4-5H,1-2,6H2,3H3/b8-5+. The van der Waals surface area contributed by atoms with Crippen molar-refractivity contribution in [3.63, 3.8) is 0 Å². The first-order chi connectivity index (χ1) is 5.77. The van der Waals surface area contributed by atoms with Crippen molar-refractivity contribution in [2.75, 3.05) is 7.11 Å². The zero-order valence-corrected chi connectivity index (χ0v) is 7.86. The van der Waals surface area contributed by atoms with E-state index >= 15 is 0 Å². The second-order valence-electron chi connectivity index (χ2n) is 2.25. The second kappa shape index (κ2) is 4.18. The lowest BCUT2D eigenvalue weighted by Crippen LogP contribution is -2.18. The summed E-state index contributed by atoms with van der Waals surface area (Å²) in [6.45, 7) is 8.02. The number of thiazole rings is 1. The van der Waals surface area contributed by atoms with Crippen LogP contribution < -0.4 is 9.88 Å². The van der Waals surface area contributed by atoms with Gasteiger partial charge in [0, 0.05) is 11.6 Å². The Kier molecular flexibility index (Phi) is 3.19. The van der Waals surface area contributed by atoms with E-state index in [1.807, 2.05) is 6.08 Å². The van der Waals surface area contributed by atoms with Crippen LogP contribution in [0.15, 0.2) is 12.7 Å². The van der Waals surface area contributed by atoms with Crippen molar-refractivity contribution in [1.29, 1.82) is 0 Å². The number of rotatable bonds is 3. The van der Waals surface area contributed by atoms with Gasteiger partial charge in [-0.05, 0) is 6.08 Å². The van der Waals surface area contributed by atoms with Crippen LogP contribution in [-0.4, -0.2) is 12.1 Å². The van der Waals surface area contributed by atoms with Gasteiger partial charge < -0.3 is 4.74 Å². The van der Waals surface area contributed by atoms with Gasteiger partial charge >= 0.3 is 0 Å². The summed E-state index contributed by atoms with van der Waals surface area (Å²) < 4.78 is 5.91. The number of methoxy groups -OCH3 is 1. The molecule has 3 heteroatoms. The molecule has 64 valence electrons. The van der Waals surface area contributed by atoms with Crippen LogP contribution in [0.25, 0.3) is 12.7 Å². The van der Waals surface area contributed by atoms with Gasteiger partial charge in [0.15, 0.2) is 0 Å². The molecule has 1 aromatic heterocycles. The van der Waals surface area contributed by atoms with Crippen LogP contribution in [-0.2, 0) is 11.3 Å². The normalized spacial score (nSPS) is 11.9. The number of allylic oxidation sites excluding steroid dienone is 1. The predicted octanol–water partition coefficient (Wildman–Crippen LogP) is 0.666. The van der Waals surface area contributed by atoms with Gasteiger partial charge in [-0.1, -0.05) is 19.2 Å². The molecule has 2 nitrogen and oxygen atoms in total. The third-order valence-electron chi connectivity index (χ3n) is 1.32. The highest BCUT2D eigenvalue weighted by atomic mass is 32.1. The molecule has 0 spiro atoms. The minimum Gasteiger partial charge on any atom is -0.378 e. The van der Waals surface area contributed by atoms with Gasteiger partial charge in [-0.15, -0.1) is 11.3 Å². The third-order valence-corrected chi connectivity index (χ3v) is 2.22. The molecule has 0 bridgehead atoms. The molecule has 0 aliphatic rings. The first-order valence-electron chi connectivity index (χ1n) is 3.54. The summed E-state index contributed by atoms with van der Waals surface area (Å²) >= 11 is 1.55. The Morgan fingerprint density at radius 3 is 3.00 bits per heavy atom. The Morgan fingerprint density at radius 2 is 2.42 bits per heavy atom. The van der Waals surface area contributed by atoms with Crippen molar-refractivity contribution >= 4 is 24.0 Å². The average molecular weight is 181 g/mol. The van der Waals surface area contributed by atoms with E-state index in [1.54, 1.807) is 24.5 Å². The maximum atomic E-state index is 4.95. The lowest BCUT2D eigenvalue weighted by atomic mass is 10.5. The molecule has 1 aromatic rings. The summed E-state index contributed by atoms with van der Waals surface area (Å²) in [5.74, 6) is 0. The monoisotopic (exact) mass is 181 g/mol. The molecule has 0 radical (unpaired) electrons. The quantitative estimate of drug-likeness (QED) is 0.683. The summed E-state index contributed by atoms with van der Waals surface area (Å²) in [5.41, 5.74) is 0. The molecule has 1 heterocycles. The van der Waals surface area contributed by atoms with Crippen LogP contribution >= 0.6 is 11.3 Å². The van der Waals surface area contributed by atoms with E-state index in [2.05, 4.69) is 18.1 Å². The number of hydrogen-bond donors (Lipinski definition) is 0. The molecular formula is C9H11NOS. The highest BCUT2D eigenvalue weighted by molar-refractivity contribution is 7.09. The fourth-order valence-electron chi connectivity index (χ4n) is 0.841. The zero-order valence-electron chi connectivity index (χ0n) is 7.04. The Hall–Kier alpha value is -0.930. The Morgan fingerprint density at radius 1 is 1.67 bits per heavy atom. The summed E-state index contributed by atoms with van der Waals surface area (Å²) in [5, 5.41) is 1.85. The molecule has 0 amide bonds. The van der Waals surface area contributed by atoms with Crippen LogP contribution in [0.5, 0.6) is 0 Å². The van der Waals surface area contributed by atoms with Crippen LogP contribution in [0.1, 0.15) is 5.01 Å². The van der Waals surface area contributed by atoms with Gasteiger partial charge in [-0.3, -0.25) is 0 Å². The van der Waals surface area contributed by atoms with Gasteiger partial charge in [-0.2, -0.15) is 0 Å². The highest BCUT2D eigenvalue weighted by Gasteiger charge is 1.96. The lowest BCUT2D eigenvalue weighted by Gasteiger charge is -1.88. The molecular weight excluding hydrogens is 170 g/mol. The molecule has 0 fully saturated rings. The smallest absolute Gasteiger partial charge is 0.120 e. The zero-order chi connectivity index (χ0) is 8.97. The maximum Gasteiger partial charge on any atom is 0.120 e. The van der Waals surface area contributed by atoms with Crippen molar-refractivity contribution in [1.82, 2.24) is 4.98 Å². The largest absolute Gasteiger partial charge is 0.378 e. The first-order valence-corrected chi connectivity index (χ1v) is 4.36. The maximum absolute atomic E-state index is 4.95. The molecule has 0 N–H and O–H groups in total. The predicted molar refractivity (Wildman–Crippen MR) is 52.3 cm³/mol. The van der Waals surface area contributed by atoms with Gasteiger partial charge in [0.25, 0.3) is 0 Å². The minimum absolute atomic E-state index is 0.554. The average Bonchev–Trinajstić information content (AvgIpc) is 2.34. The van der Waals surface area contributed by atoms with Crippen molar-refractivity contribution in [3.8, 4) is 0 Å².